The predicted molar refractivity (Wildman–Crippen MR) is 80.4 cm³/mol. The second kappa shape index (κ2) is 5.60. The minimum absolute atomic E-state index is 0.262. The highest BCUT2D eigenvalue weighted by molar-refractivity contribution is 9.10. The van der Waals surface area contributed by atoms with Crippen molar-refractivity contribution in [1.82, 2.24) is 10.2 Å². The van der Waals surface area contributed by atoms with Crippen LogP contribution in [0.2, 0.25) is 5.02 Å². The molecule has 0 fully saturated rings. The molecule has 92 valence electrons. The lowest BCUT2D eigenvalue weighted by molar-refractivity contribution is 1.03. The summed E-state index contributed by atoms with van der Waals surface area (Å²) in [4.78, 5) is 0.262. The van der Waals surface area contributed by atoms with E-state index in [0.717, 1.165) is 10.2 Å². The lowest BCUT2D eigenvalue weighted by Crippen LogP contribution is -2.13. The molecular weight excluding hydrogens is 336 g/mol. The Morgan fingerprint density at radius 3 is 2.83 bits per heavy atom. The third kappa shape index (κ3) is 2.95. The van der Waals surface area contributed by atoms with Crippen LogP contribution in [0.15, 0.2) is 34.9 Å². The van der Waals surface area contributed by atoms with Crippen molar-refractivity contribution in [2.75, 3.05) is 5.32 Å². The first-order chi connectivity index (χ1) is 8.58. The Morgan fingerprint density at radius 1 is 1.39 bits per heavy atom. The van der Waals surface area contributed by atoms with Gasteiger partial charge in [0, 0.05) is 9.50 Å². The molecule has 18 heavy (non-hydrogen) atoms. The Labute approximate surface area is 123 Å². The van der Waals surface area contributed by atoms with Gasteiger partial charge >= 0.3 is 0 Å². The SMILES string of the molecule is NC(=S)c1ccnnc1Nc1ccc(Cl)cc1Br. The quantitative estimate of drug-likeness (QED) is 0.837. The van der Waals surface area contributed by atoms with E-state index in [9.17, 15) is 0 Å². The van der Waals surface area contributed by atoms with Gasteiger partial charge in [-0.2, -0.15) is 5.10 Å². The summed E-state index contributed by atoms with van der Waals surface area (Å²) in [6, 6.07) is 7.08. The van der Waals surface area contributed by atoms with Gasteiger partial charge in [0.15, 0.2) is 5.82 Å². The van der Waals surface area contributed by atoms with Gasteiger partial charge in [-0.25, -0.2) is 0 Å². The Balaban J connectivity index is 2.37. The van der Waals surface area contributed by atoms with Gasteiger partial charge < -0.3 is 11.1 Å². The van der Waals surface area contributed by atoms with Gasteiger partial charge in [-0.05, 0) is 40.2 Å². The van der Waals surface area contributed by atoms with Crippen molar-refractivity contribution in [3.8, 4) is 0 Å². The van der Waals surface area contributed by atoms with Crippen molar-refractivity contribution < 1.29 is 0 Å². The standard InChI is InChI=1S/C11H8BrClN4S/c12-8-5-6(13)1-2-9(8)16-11-7(10(14)18)3-4-15-17-11/h1-5H,(H2,14,18)(H,16,17). The highest BCUT2D eigenvalue weighted by Gasteiger charge is 2.09. The van der Waals surface area contributed by atoms with E-state index in [0.29, 0.717) is 16.4 Å². The zero-order chi connectivity index (χ0) is 13.1. The zero-order valence-corrected chi connectivity index (χ0v) is 12.2. The Morgan fingerprint density at radius 2 is 2.17 bits per heavy atom. The van der Waals surface area contributed by atoms with E-state index in [1.807, 2.05) is 6.07 Å². The number of nitrogens with zero attached hydrogens (tertiary/aromatic N) is 2. The Bertz CT molecular complexity index is 605. The van der Waals surface area contributed by atoms with E-state index in [-0.39, 0.29) is 4.99 Å². The highest BCUT2D eigenvalue weighted by Crippen LogP contribution is 2.28. The summed E-state index contributed by atoms with van der Waals surface area (Å²) in [5, 5.41) is 11.5. The minimum atomic E-state index is 0.262. The molecule has 1 aromatic carbocycles. The number of rotatable bonds is 3. The average molecular weight is 344 g/mol. The number of thiocarbonyl (C=S) groups is 1. The lowest BCUT2D eigenvalue weighted by atomic mass is 10.2. The van der Waals surface area contributed by atoms with Crippen LogP contribution in [0.4, 0.5) is 11.5 Å². The fourth-order valence-corrected chi connectivity index (χ4v) is 2.29. The molecule has 2 aromatic rings. The van der Waals surface area contributed by atoms with Crippen LogP contribution >= 0.6 is 39.7 Å². The molecule has 0 aliphatic carbocycles. The molecule has 0 spiro atoms. The summed E-state index contributed by atoms with van der Waals surface area (Å²) in [5.41, 5.74) is 7.06. The minimum Gasteiger partial charge on any atom is -0.389 e. The van der Waals surface area contributed by atoms with Crippen molar-refractivity contribution in [2.24, 2.45) is 5.73 Å². The van der Waals surface area contributed by atoms with Crippen LogP contribution in [0.3, 0.4) is 0 Å². The number of nitrogens with one attached hydrogen (secondary N) is 1. The molecule has 0 radical (unpaired) electrons. The topological polar surface area (TPSA) is 63.8 Å². The van der Waals surface area contributed by atoms with Gasteiger partial charge in [0.25, 0.3) is 0 Å². The van der Waals surface area contributed by atoms with Crippen LogP contribution in [0.1, 0.15) is 5.56 Å². The van der Waals surface area contributed by atoms with Crippen LogP contribution < -0.4 is 11.1 Å². The second-order valence-electron chi connectivity index (χ2n) is 3.41. The van der Waals surface area contributed by atoms with Gasteiger partial charge in [0.1, 0.15) is 4.99 Å². The molecule has 0 aliphatic heterocycles. The van der Waals surface area contributed by atoms with Crippen LogP contribution in [0.5, 0.6) is 0 Å². The molecule has 3 N–H and O–H groups in total. The molecule has 7 heteroatoms. The zero-order valence-electron chi connectivity index (χ0n) is 9.02. The second-order valence-corrected chi connectivity index (χ2v) is 5.14. The summed E-state index contributed by atoms with van der Waals surface area (Å²) in [7, 11) is 0. The van der Waals surface area contributed by atoms with Crippen LogP contribution in [0.25, 0.3) is 0 Å². The first-order valence-electron chi connectivity index (χ1n) is 4.91. The molecule has 1 aromatic heterocycles. The maximum Gasteiger partial charge on any atom is 0.163 e. The number of aromatic nitrogens is 2. The predicted octanol–water partition coefficient (Wildman–Crippen LogP) is 3.27. The number of nitrogens with two attached hydrogens (primary N) is 1. The molecule has 1 heterocycles. The van der Waals surface area contributed by atoms with Gasteiger partial charge in [-0.15, -0.1) is 5.10 Å². The summed E-state index contributed by atoms with van der Waals surface area (Å²) in [6.07, 6.45) is 1.54. The monoisotopic (exact) mass is 342 g/mol. The summed E-state index contributed by atoms with van der Waals surface area (Å²) >= 11 is 14.2. The van der Waals surface area contributed by atoms with E-state index >= 15 is 0 Å². The van der Waals surface area contributed by atoms with Gasteiger partial charge in [0.05, 0.1) is 17.4 Å². The molecule has 0 unspecified atom stereocenters. The molecule has 0 aliphatic rings. The summed E-state index contributed by atoms with van der Waals surface area (Å²) in [6.45, 7) is 0. The summed E-state index contributed by atoms with van der Waals surface area (Å²) < 4.78 is 0.814. The van der Waals surface area contributed by atoms with E-state index in [4.69, 9.17) is 29.6 Å². The van der Waals surface area contributed by atoms with Gasteiger partial charge in [0.2, 0.25) is 0 Å². The molecule has 0 amide bonds. The number of anilines is 2. The van der Waals surface area contributed by atoms with Gasteiger partial charge in [-0.3, -0.25) is 0 Å². The number of halogens is 2. The molecule has 0 atom stereocenters. The largest absolute Gasteiger partial charge is 0.389 e. The third-order valence-corrected chi connectivity index (χ3v) is 3.28. The lowest BCUT2D eigenvalue weighted by Gasteiger charge is -2.10. The van der Waals surface area contributed by atoms with E-state index < -0.39 is 0 Å². The van der Waals surface area contributed by atoms with Crippen molar-refractivity contribution in [1.29, 1.82) is 0 Å². The Kier molecular flexibility index (Phi) is 4.11. The van der Waals surface area contributed by atoms with Crippen molar-refractivity contribution in [2.45, 2.75) is 0 Å². The molecule has 2 rings (SSSR count). The molecule has 0 saturated heterocycles. The fraction of sp³-hybridized carbons (Fsp3) is 0. The van der Waals surface area contributed by atoms with Crippen molar-refractivity contribution in [3.05, 3.63) is 45.5 Å². The van der Waals surface area contributed by atoms with Crippen LogP contribution in [-0.2, 0) is 0 Å². The first kappa shape index (κ1) is 13.2. The van der Waals surface area contributed by atoms with Crippen molar-refractivity contribution in [3.63, 3.8) is 0 Å². The van der Waals surface area contributed by atoms with E-state index in [2.05, 4.69) is 31.4 Å². The normalized spacial score (nSPS) is 10.1. The molecule has 0 saturated carbocycles. The first-order valence-corrected chi connectivity index (χ1v) is 6.49. The third-order valence-electron chi connectivity index (χ3n) is 2.17. The van der Waals surface area contributed by atoms with E-state index in [1.54, 1.807) is 18.2 Å². The van der Waals surface area contributed by atoms with Crippen molar-refractivity contribution >= 4 is 56.2 Å². The maximum atomic E-state index is 5.88. The molecule has 4 nitrogen and oxygen atoms in total. The molecular formula is C11H8BrClN4S. The van der Waals surface area contributed by atoms with Crippen LogP contribution in [0, 0.1) is 0 Å². The smallest absolute Gasteiger partial charge is 0.163 e. The summed E-state index contributed by atoms with van der Waals surface area (Å²) in [5.74, 6) is 0.507. The Hall–Kier alpha value is -1.24. The highest BCUT2D eigenvalue weighted by atomic mass is 79.9. The number of benzene rings is 1. The number of hydrogen-bond donors (Lipinski definition) is 2. The van der Waals surface area contributed by atoms with Gasteiger partial charge in [-0.1, -0.05) is 23.8 Å². The van der Waals surface area contributed by atoms with E-state index in [1.165, 1.54) is 6.20 Å². The maximum absolute atomic E-state index is 5.88. The molecule has 0 bridgehead atoms. The fourth-order valence-electron chi connectivity index (χ4n) is 1.34. The van der Waals surface area contributed by atoms with Crippen LogP contribution in [-0.4, -0.2) is 15.2 Å². The number of hydrogen-bond acceptors (Lipinski definition) is 4. The average Bonchev–Trinajstić information content (AvgIpc) is 2.33.